The van der Waals surface area contributed by atoms with E-state index in [2.05, 4.69) is 23.9 Å². The highest BCUT2D eigenvalue weighted by Gasteiger charge is 2.19. The molecule has 5 heteroatoms. The number of benzene rings is 1. The fourth-order valence-electron chi connectivity index (χ4n) is 2.22. The van der Waals surface area contributed by atoms with Crippen LogP contribution in [0.4, 0.5) is 0 Å². The van der Waals surface area contributed by atoms with Crippen molar-refractivity contribution < 1.29 is 8.42 Å². The minimum atomic E-state index is -3.42. The predicted octanol–water partition coefficient (Wildman–Crippen LogP) is 2.43. The Morgan fingerprint density at radius 1 is 1.20 bits per heavy atom. The summed E-state index contributed by atoms with van der Waals surface area (Å²) in [7, 11) is -1.57. The molecule has 0 fully saturated rings. The molecule has 0 amide bonds. The zero-order valence-corrected chi connectivity index (χ0v) is 13.7. The van der Waals surface area contributed by atoms with Crippen molar-refractivity contribution in [3.8, 4) is 0 Å². The third-order valence-electron chi connectivity index (χ3n) is 3.77. The zero-order valence-electron chi connectivity index (χ0n) is 12.9. The second-order valence-corrected chi connectivity index (χ2v) is 6.84. The molecule has 0 saturated heterocycles. The van der Waals surface area contributed by atoms with Gasteiger partial charge < -0.3 is 5.32 Å². The van der Waals surface area contributed by atoms with Crippen molar-refractivity contribution in [2.24, 2.45) is 5.92 Å². The quantitative estimate of drug-likeness (QED) is 0.775. The van der Waals surface area contributed by atoms with Gasteiger partial charge in [-0.3, -0.25) is 0 Å². The van der Waals surface area contributed by atoms with Crippen LogP contribution in [0.3, 0.4) is 0 Å². The van der Waals surface area contributed by atoms with E-state index in [1.54, 1.807) is 12.1 Å². The van der Waals surface area contributed by atoms with Gasteiger partial charge in [0, 0.05) is 13.1 Å². The van der Waals surface area contributed by atoms with Gasteiger partial charge in [-0.15, -0.1) is 0 Å². The van der Waals surface area contributed by atoms with E-state index >= 15 is 0 Å². The highest BCUT2D eigenvalue weighted by atomic mass is 32.2. The van der Waals surface area contributed by atoms with Gasteiger partial charge in [0.05, 0.1) is 4.90 Å². The van der Waals surface area contributed by atoms with Crippen LogP contribution in [0, 0.1) is 12.8 Å². The molecule has 0 aliphatic rings. The van der Waals surface area contributed by atoms with Crippen LogP contribution >= 0.6 is 0 Å². The van der Waals surface area contributed by atoms with Crippen molar-refractivity contribution >= 4 is 10.0 Å². The Morgan fingerprint density at radius 3 is 2.40 bits per heavy atom. The summed E-state index contributed by atoms with van der Waals surface area (Å²) in [5, 5.41) is 3.06. The third kappa shape index (κ3) is 4.30. The molecule has 0 bridgehead atoms. The highest BCUT2D eigenvalue weighted by Crippen LogP contribution is 2.19. The smallest absolute Gasteiger partial charge is 0.240 e. The Morgan fingerprint density at radius 2 is 1.85 bits per heavy atom. The summed E-state index contributed by atoms with van der Waals surface area (Å²) >= 11 is 0. The van der Waals surface area contributed by atoms with E-state index in [1.807, 2.05) is 20.0 Å². The topological polar surface area (TPSA) is 58.2 Å². The molecule has 0 heterocycles. The largest absolute Gasteiger partial charge is 0.316 e. The molecule has 1 aromatic carbocycles. The molecule has 1 aromatic rings. The van der Waals surface area contributed by atoms with Crippen LogP contribution in [0.1, 0.15) is 37.8 Å². The molecule has 2 N–H and O–H groups in total. The summed E-state index contributed by atoms with van der Waals surface area (Å²) in [5.41, 5.74) is 1.83. The molecule has 4 nitrogen and oxygen atoms in total. The van der Waals surface area contributed by atoms with Gasteiger partial charge in [0.1, 0.15) is 0 Å². The maximum absolute atomic E-state index is 12.4. The molecule has 0 unspecified atom stereocenters. The lowest BCUT2D eigenvalue weighted by Crippen LogP contribution is -2.29. The SMILES string of the molecule is CCC(CC)CNS(=O)(=O)c1cccc(CNC)c1C. The first-order chi connectivity index (χ1) is 9.46. The van der Waals surface area contributed by atoms with Gasteiger partial charge in [-0.2, -0.15) is 0 Å². The van der Waals surface area contributed by atoms with Crippen LogP contribution in [0.25, 0.3) is 0 Å². The summed E-state index contributed by atoms with van der Waals surface area (Å²) < 4.78 is 27.6. The van der Waals surface area contributed by atoms with Crippen molar-refractivity contribution in [1.82, 2.24) is 10.0 Å². The van der Waals surface area contributed by atoms with Crippen LogP contribution in [-0.4, -0.2) is 22.0 Å². The molecule has 0 aliphatic carbocycles. The lowest BCUT2D eigenvalue weighted by molar-refractivity contribution is 0.478. The molecule has 0 radical (unpaired) electrons. The van der Waals surface area contributed by atoms with E-state index in [0.29, 0.717) is 23.9 Å². The van der Waals surface area contributed by atoms with Gasteiger partial charge >= 0.3 is 0 Å². The van der Waals surface area contributed by atoms with Crippen molar-refractivity contribution in [2.45, 2.75) is 45.1 Å². The summed E-state index contributed by atoms with van der Waals surface area (Å²) in [5.74, 6) is 0.394. The zero-order chi connectivity index (χ0) is 15.2. The van der Waals surface area contributed by atoms with E-state index in [4.69, 9.17) is 0 Å². The van der Waals surface area contributed by atoms with Gasteiger partial charge in [-0.1, -0.05) is 38.8 Å². The van der Waals surface area contributed by atoms with Gasteiger partial charge in [0.15, 0.2) is 0 Å². The van der Waals surface area contributed by atoms with Crippen LogP contribution < -0.4 is 10.0 Å². The number of nitrogens with one attached hydrogen (secondary N) is 2. The Balaban J connectivity index is 2.95. The molecule has 0 saturated carbocycles. The predicted molar refractivity (Wildman–Crippen MR) is 83.2 cm³/mol. The normalized spacial score (nSPS) is 12.1. The monoisotopic (exact) mass is 298 g/mol. The molecule has 20 heavy (non-hydrogen) atoms. The fourth-order valence-corrected chi connectivity index (χ4v) is 3.62. The van der Waals surface area contributed by atoms with Gasteiger partial charge in [-0.05, 0) is 37.1 Å². The molecule has 1 rings (SSSR count). The number of rotatable bonds is 8. The Labute approximate surface area is 123 Å². The number of hydrogen-bond acceptors (Lipinski definition) is 3. The average Bonchev–Trinajstić information content (AvgIpc) is 2.42. The molecular weight excluding hydrogens is 272 g/mol. The average molecular weight is 298 g/mol. The first-order valence-electron chi connectivity index (χ1n) is 7.19. The summed E-state index contributed by atoms with van der Waals surface area (Å²) in [6, 6.07) is 5.42. The minimum Gasteiger partial charge on any atom is -0.316 e. The van der Waals surface area contributed by atoms with E-state index in [9.17, 15) is 8.42 Å². The van der Waals surface area contributed by atoms with Crippen molar-refractivity contribution in [3.63, 3.8) is 0 Å². The van der Waals surface area contributed by atoms with Crippen molar-refractivity contribution in [1.29, 1.82) is 0 Å². The molecular formula is C15H26N2O2S. The molecule has 0 atom stereocenters. The Hall–Kier alpha value is -0.910. The van der Waals surface area contributed by atoms with Gasteiger partial charge in [0.25, 0.3) is 0 Å². The summed E-state index contributed by atoms with van der Waals surface area (Å²) in [4.78, 5) is 0.385. The van der Waals surface area contributed by atoms with E-state index in [0.717, 1.165) is 24.0 Å². The number of sulfonamides is 1. The standard InChI is InChI=1S/C15H26N2O2S/c1-5-13(6-2)10-17-20(18,19)15-9-7-8-14(11-16-4)12(15)3/h7-9,13,16-17H,5-6,10-11H2,1-4H3. The van der Waals surface area contributed by atoms with Gasteiger partial charge in [0.2, 0.25) is 10.0 Å². The van der Waals surface area contributed by atoms with Crippen LogP contribution in [0.2, 0.25) is 0 Å². The molecule has 114 valence electrons. The van der Waals surface area contributed by atoms with Gasteiger partial charge in [-0.25, -0.2) is 13.1 Å². The van der Waals surface area contributed by atoms with Crippen LogP contribution in [-0.2, 0) is 16.6 Å². The molecule has 0 aromatic heterocycles. The molecule has 0 aliphatic heterocycles. The van der Waals surface area contributed by atoms with Crippen LogP contribution in [0.15, 0.2) is 23.1 Å². The van der Waals surface area contributed by atoms with Crippen LogP contribution in [0.5, 0.6) is 0 Å². The Bertz CT molecular complexity index is 523. The Kier molecular flexibility index (Phi) is 6.65. The third-order valence-corrected chi connectivity index (χ3v) is 5.34. The van der Waals surface area contributed by atoms with E-state index < -0.39 is 10.0 Å². The molecule has 0 spiro atoms. The highest BCUT2D eigenvalue weighted by molar-refractivity contribution is 7.89. The van der Waals surface area contributed by atoms with Crippen molar-refractivity contribution in [3.05, 3.63) is 29.3 Å². The lowest BCUT2D eigenvalue weighted by Gasteiger charge is -2.16. The maximum atomic E-state index is 12.4. The minimum absolute atomic E-state index is 0.385. The lowest BCUT2D eigenvalue weighted by atomic mass is 10.0. The number of hydrogen-bond donors (Lipinski definition) is 2. The summed E-state index contributed by atoms with van der Waals surface area (Å²) in [6.07, 6.45) is 1.97. The second kappa shape index (κ2) is 7.76. The second-order valence-electron chi connectivity index (χ2n) is 5.11. The van der Waals surface area contributed by atoms with E-state index in [-0.39, 0.29) is 0 Å². The first-order valence-corrected chi connectivity index (χ1v) is 8.67. The first kappa shape index (κ1) is 17.1. The fraction of sp³-hybridized carbons (Fsp3) is 0.600. The van der Waals surface area contributed by atoms with Crippen molar-refractivity contribution in [2.75, 3.05) is 13.6 Å². The summed E-state index contributed by atoms with van der Waals surface area (Å²) in [6.45, 7) is 7.20. The van der Waals surface area contributed by atoms with E-state index in [1.165, 1.54) is 0 Å². The maximum Gasteiger partial charge on any atom is 0.240 e.